The Bertz CT molecular complexity index is 664. The molecular weight excluding hydrogens is 278 g/mol. The number of hydrogen-bond donors (Lipinski definition) is 1. The average Bonchev–Trinajstić information content (AvgIpc) is 2.93. The van der Waals surface area contributed by atoms with Gasteiger partial charge in [0.2, 0.25) is 0 Å². The smallest absolute Gasteiger partial charge is 0.410 e. The number of piperazine rings is 1. The van der Waals surface area contributed by atoms with Gasteiger partial charge in [-0.25, -0.2) is 4.79 Å². The second kappa shape index (κ2) is 5.55. The molecular formula is C17H23N3O2. The molecule has 0 spiro atoms. The van der Waals surface area contributed by atoms with Crippen LogP contribution in [-0.4, -0.2) is 47.8 Å². The number of H-pyrrole nitrogens is 1. The fourth-order valence-electron chi connectivity index (χ4n) is 2.71. The van der Waals surface area contributed by atoms with Crippen molar-refractivity contribution in [2.75, 3.05) is 31.1 Å². The number of nitrogens with zero attached hydrogens (tertiary/aromatic N) is 2. The van der Waals surface area contributed by atoms with E-state index in [1.807, 2.05) is 27.0 Å². The summed E-state index contributed by atoms with van der Waals surface area (Å²) < 4.78 is 5.43. The van der Waals surface area contributed by atoms with Crippen LogP contribution >= 0.6 is 0 Å². The molecule has 1 saturated heterocycles. The van der Waals surface area contributed by atoms with Gasteiger partial charge in [0, 0.05) is 49.0 Å². The molecule has 1 aliphatic heterocycles. The Morgan fingerprint density at radius 3 is 2.55 bits per heavy atom. The van der Waals surface area contributed by atoms with E-state index in [0.717, 1.165) is 18.6 Å². The van der Waals surface area contributed by atoms with Crippen LogP contribution < -0.4 is 4.90 Å². The van der Waals surface area contributed by atoms with E-state index in [9.17, 15) is 4.79 Å². The zero-order valence-corrected chi connectivity index (χ0v) is 13.4. The zero-order valence-electron chi connectivity index (χ0n) is 13.4. The van der Waals surface area contributed by atoms with Gasteiger partial charge in [0.15, 0.2) is 0 Å². The lowest BCUT2D eigenvalue weighted by Gasteiger charge is -2.36. The van der Waals surface area contributed by atoms with Gasteiger partial charge in [0.25, 0.3) is 0 Å². The van der Waals surface area contributed by atoms with Crippen LogP contribution in [-0.2, 0) is 4.74 Å². The fourth-order valence-corrected chi connectivity index (χ4v) is 2.71. The Kier molecular flexibility index (Phi) is 3.72. The van der Waals surface area contributed by atoms with Crippen LogP contribution in [0.5, 0.6) is 0 Å². The highest BCUT2D eigenvalue weighted by atomic mass is 16.6. The van der Waals surface area contributed by atoms with Crippen LogP contribution in [0.15, 0.2) is 30.5 Å². The number of amides is 1. The van der Waals surface area contributed by atoms with Gasteiger partial charge in [-0.2, -0.15) is 0 Å². The monoisotopic (exact) mass is 301 g/mol. The van der Waals surface area contributed by atoms with Crippen molar-refractivity contribution in [2.45, 2.75) is 26.4 Å². The number of hydrogen-bond acceptors (Lipinski definition) is 3. The Hall–Kier alpha value is -2.17. The van der Waals surface area contributed by atoms with Crippen molar-refractivity contribution in [3.63, 3.8) is 0 Å². The maximum absolute atomic E-state index is 12.1. The van der Waals surface area contributed by atoms with Crippen molar-refractivity contribution in [3.05, 3.63) is 30.5 Å². The molecule has 1 aromatic carbocycles. The third kappa shape index (κ3) is 3.18. The van der Waals surface area contributed by atoms with Crippen LogP contribution in [0.3, 0.4) is 0 Å². The summed E-state index contributed by atoms with van der Waals surface area (Å²) in [5.74, 6) is 0. The van der Waals surface area contributed by atoms with Crippen molar-refractivity contribution in [1.82, 2.24) is 9.88 Å². The molecule has 3 rings (SSSR count). The molecule has 1 aliphatic rings. The summed E-state index contributed by atoms with van der Waals surface area (Å²) in [6.45, 7) is 8.73. The molecule has 5 heteroatoms. The highest BCUT2D eigenvalue weighted by Crippen LogP contribution is 2.23. The largest absolute Gasteiger partial charge is 0.444 e. The van der Waals surface area contributed by atoms with Gasteiger partial charge < -0.3 is 19.5 Å². The number of rotatable bonds is 1. The van der Waals surface area contributed by atoms with Crippen molar-refractivity contribution >= 4 is 22.7 Å². The second-order valence-electron chi connectivity index (χ2n) is 6.70. The lowest BCUT2D eigenvalue weighted by Crippen LogP contribution is -2.50. The number of aromatic amines is 1. The summed E-state index contributed by atoms with van der Waals surface area (Å²) in [5.41, 5.74) is 1.92. The number of ether oxygens (including phenoxy) is 1. The molecule has 0 atom stereocenters. The Labute approximate surface area is 130 Å². The van der Waals surface area contributed by atoms with Gasteiger partial charge in [-0.05, 0) is 45.0 Å². The van der Waals surface area contributed by atoms with E-state index in [1.54, 1.807) is 4.90 Å². The third-order valence-electron chi connectivity index (χ3n) is 3.83. The minimum absolute atomic E-state index is 0.215. The van der Waals surface area contributed by atoms with E-state index in [0.29, 0.717) is 13.1 Å². The molecule has 2 aromatic rings. The van der Waals surface area contributed by atoms with Crippen molar-refractivity contribution in [1.29, 1.82) is 0 Å². The maximum Gasteiger partial charge on any atom is 0.410 e. The second-order valence-corrected chi connectivity index (χ2v) is 6.70. The number of fused-ring (bicyclic) bond motifs is 1. The highest BCUT2D eigenvalue weighted by Gasteiger charge is 2.25. The fraction of sp³-hybridized carbons (Fsp3) is 0.471. The van der Waals surface area contributed by atoms with Gasteiger partial charge in [-0.1, -0.05) is 0 Å². The van der Waals surface area contributed by atoms with Gasteiger partial charge >= 0.3 is 6.09 Å². The highest BCUT2D eigenvalue weighted by molar-refractivity contribution is 5.83. The van der Waals surface area contributed by atoms with Crippen LogP contribution in [0.2, 0.25) is 0 Å². The number of anilines is 1. The van der Waals surface area contributed by atoms with E-state index >= 15 is 0 Å². The van der Waals surface area contributed by atoms with Gasteiger partial charge in [-0.3, -0.25) is 0 Å². The molecule has 1 N–H and O–H groups in total. The van der Waals surface area contributed by atoms with Gasteiger partial charge in [0.05, 0.1) is 0 Å². The standard InChI is InChI=1S/C17H23N3O2/c1-17(2,3)22-16(21)20-10-8-19(9-11-20)14-4-5-15-13(12-14)6-7-18-15/h4-7,12,18H,8-11H2,1-3H3. The molecule has 0 saturated carbocycles. The first-order valence-electron chi connectivity index (χ1n) is 7.72. The first-order valence-corrected chi connectivity index (χ1v) is 7.72. The number of carbonyl (C=O) groups is 1. The van der Waals surface area contributed by atoms with E-state index in [2.05, 4.69) is 34.1 Å². The maximum atomic E-state index is 12.1. The minimum Gasteiger partial charge on any atom is -0.444 e. The van der Waals surface area contributed by atoms with E-state index in [4.69, 9.17) is 4.74 Å². The summed E-state index contributed by atoms with van der Waals surface area (Å²) in [4.78, 5) is 19.4. The first kappa shape index (κ1) is 14.8. The topological polar surface area (TPSA) is 48.6 Å². The summed E-state index contributed by atoms with van der Waals surface area (Å²) in [7, 11) is 0. The number of benzene rings is 1. The van der Waals surface area contributed by atoms with Gasteiger partial charge in [-0.15, -0.1) is 0 Å². The minimum atomic E-state index is -0.437. The predicted octanol–water partition coefficient (Wildman–Crippen LogP) is 3.23. The Morgan fingerprint density at radius 1 is 1.14 bits per heavy atom. The molecule has 2 heterocycles. The Morgan fingerprint density at radius 2 is 1.86 bits per heavy atom. The third-order valence-corrected chi connectivity index (χ3v) is 3.83. The Balaban J connectivity index is 1.62. The SMILES string of the molecule is CC(C)(C)OC(=O)N1CCN(c2ccc3[nH]ccc3c2)CC1. The summed E-state index contributed by atoms with van der Waals surface area (Å²) >= 11 is 0. The predicted molar refractivity (Wildman–Crippen MR) is 88.3 cm³/mol. The van der Waals surface area contributed by atoms with E-state index in [1.165, 1.54) is 11.1 Å². The van der Waals surface area contributed by atoms with Crippen LogP contribution in [0.1, 0.15) is 20.8 Å². The molecule has 1 fully saturated rings. The van der Waals surface area contributed by atoms with E-state index in [-0.39, 0.29) is 6.09 Å². The van der Waals surface area contributed by atoms with Crippen LogP contribution in [0, 0.1) is 0 Å². The summed E-state index contributed by atoms with van der Waals surface area (Å²) in [6.07, 6.45) is 1.74. The number of carbonyl (C=O) groups excluding carboxylic acids is 1. The molecule has 1 aromatic heterocycles. The molecule has 1 amide bonds. The number of aromatic nitrogens is 1. The zero-order chi connectivity index (χ0) is 15.7. The number of nitrogens with one attached hydrogen (secondary N) is 1. The molecule has 118 valence electrons. The summed E-state index contributed by atoms with van der Waals surface area (Å²) in [6, 6.07) is 8.50. The molecule has 0 bridgehead atoms. The van der Waals surface area contributed by atoms with Crippen LogP contribution in [0.4, 0.5) is 10.5 Å². The first-order chi connectivity index (χ1) is 10.4. The van der Waals surface area contributed by atoms with Crippen molar-refractivity contribution in [2.24, 2.45) is 0 Å². The van der Waals surface area contributed by atoms with Crippen molar-refractivity contribution < 1.29 is 9.53 Å². The quantitative estimate of drug-likeness (QED) is 0.880. The molecule has 0 aliphatic carbocycles. The summed E-state index contributed by atoms with van der Waals surface area (Å²) in [5, 5.41) is 1.21. The van der Waals surface area contributed by atoms with Crippen molar-refractivity contribution in [3.8, 4) is 0 Å². The molecule has 0 unspecified atom stereocenters. The average molecular weight is 301 g/mol. The molecule has 5 nitrogen and oxygen atoms in total. The normalized spacial score (nSPS) is 16.1. The molecule has 22 heavy (non-hydrogen) atoms. The lowest BCUT2D eigenvalue weighted by molar-refractivity contribution is 0.0240. The van der Waals surface area contributed by atoms with Gasteiger partial charge in [0.1, 0.15) is 5.60 Å². The van der Waals surface area contributed by atoms with E-state index < -0.39 is 5.60 Å². The molecule has 0 radical (unpaired) electrons. The van der Waals surface area contributed by atoms with Crippen LogP contribution in [0.25, 0.3) is 10.9 Å². The lowest BCUT2D eigenvalue weighted by atomic mass is 10.2.